The van der Waals surface area contributed by atoms with Gasteiger partial charge in [-0.15, -0.1) is 0 Å². The summed E-state index contributed by atoms with van der Waals surface area (Å²) < 4.78 is 40.1. The Balaban J connectivity index is 1.78. The first-order valence-corrected chi connectivity index (χ1v) is 10.5. The van der Waals surface area contributed by atoms with E-state index in [1.54, 1.807) is 31.2 Å². The van der Waals surface area contributed by atoms with Crippen LogP contribution in [0.15, 0.2) is 47.4 Å². The third-order valence-electron chi connectivity index (χ3n) is 4.77. The SMILES string of the molecule is Cc1ccc(S(=O)(=O)N2CCCCC2)cc1C(=O)NCc1ccc(F)cc1. The molecule has 0 bridgehead atoms. The average molecular weight is 390 g/mol. The summed E-state index contributed by atoms with van der Waals surface area (Å²) in [6.07, 6.45) is 2.75. The van der Waals surface area contributed by atoms with Gasteiger partial charge < -0.3 is 5.32 Å². The van der Waals surface area contributed by atoms with E-state index in [0.717, 1.165) is 24.8 Å². The monoisotopic (exact) mass is 390 g/mol. The van der Waals surface area contributed by atoms with E-state index in [4.69, 9.17) is 0 Å². The van der Waals surface area contributed by atoms with Gasteiger partial charge in [-0.3, -0.25) is 4.79 Å². The van der Waals surface area contributed by atoms with Gasteiger partial charge in [0.25, 0.3) is 5.91 Å². The molecule has 1 aliphatic heterocycles. The van der Waals surface area contributed by atoms with E-state index in [0.29, 0.717) is 24.2 Å². The predicted molar refractivity (Wildman–Crippen MR) is 101 cm³/mol. The standard InChI is InChI=1S/C20H23FN2O3S/c1-15-5-10-18(27(25,26)23-11-3-2-4-12-23)13-19(15)20(24)22-14-16-6-8-17(21)9-7-16/h5-10,13H,2-4,11-12,14H2,1H3,(H,22,24). The van der Waals surface area contributed by atoms with Crippen molar-refractivity contribution in [1.82, 2.24) is 9.62 Å². The molecule has 0 radical (unpaired) electrons. The number of sulfonamides is 1. The predicted octanol–water partition coefficient (Wildman–Crippen LogP) is 3.24. The lowest BCUT2D eigenvalue weighted by Crippen LogP contribution is -2.35. The molecule has 27 heavy (non-hydrogen) atoms. The fourth-order valence-corrected chi connectivity index (χ4v) is 4.68. The van der Waals surface area contributed by atoms with Crippen LogP contribution in [0.1, 0.15) is 40.7 Å². The number of nitrogens with zero attached hydrogens (tertiary/aromatic N) is 1. The summed E-state index contributed by atoms with van der Waals surface area (Å²) >= 11 is 0. The summed E-state index contributed by atoms with van der Waals surface area (Å²) in [6, 6.07) is 10.5. The van der Waals surface area contributed by atoms with E-state index in [1.165, 1.54) is 22.5 Å². The normalized spacial score (nSPS) is 15.5. The molecule has 2 aromatic carbocycles. The van der Waals surface area contributed by atoms with Gasteiger partial charge in [-0.05, 0) is 55.2 Å². The minimum Gasteiger partial charge on any atom is -0.348 e. The Kier molecular flexibility index (Phi) is 5.92. The first-order chi connectivity index (χ1) is 12.9. The highest BCUT2D eigenvalue weighted by Crippen LogP contribution is 2.23. The number of amides is 1. The number of aryl methyl sites for hydroxylation is 1. The van der Waals surface area contributed by atoms with Gasteiger partial charge in [-0.2, -0.15) is 4.31 Å². The lowest BCUT2D eigenvalue weighted by molar-refractivity contribution is 0.0950. The topological polar surface area (TPSA) is 66.5 Å². The molecule has 1 N–H and O–H groups in total. The molecule has 1 aliphatic rings. The van der Waals surface area contributed by atoms with Gasteiger partial charge >= 0.3 is 0 Å². The van der Waals surface area contributed by atoms with Crippen LogP contribution in [0, 0.1) is 12.7 Å². The molecule has 1 heterocycles. The van der Waals surface area contributed by atoms with E-state index >= 15 is 0 Å². The minimum absolute atomic E-state index is 0.141. The van der Waals surface area contributed by atoms with Crippen molar-refractivity contribution >= 4 is 15.9 Å². The zero-order chi connectivity index (χ0) is 19.4. The molecule has 0 saturated carbocycles. The Labute approximate surface area is 159 Å². The van der Waals surface area contributed by atoms with Gasteiger partial charge in [0.05, 0.1) is 4.90 Å². The van der Waals surface area contributed by atoms with Crippen LogP contribution in [-0.4, -0.2) is 31.7 Å². The second-order valence-electron chi connectivity index (χ2n) is 6.75. The lowest BCUT2D eigenvalue weighted by atomic mass is 10.1. The molecule has 0 unspecified atom stereocenters. The number of hydrogen-bond acceptors (Lipinski definition) is 3. The summed E-state index contributed by atoms with van der Waals surface area (Å²) in [5.41, 5.74) is 1.79. The maximum absolute atomic E-state index is 13.0. The number of halogens is 1. The summed E-state index contributed by atoms with van der Waals surface area (Å²) in [4.78, 5) is 12.7. The quantitative estimate of drug-likeness (QED) is 0.852. The van der Waals surface area contributed by atoms with Crippen molar-refractivity contribution < 1.29 is 17.6 Å². The molecule has 0 atom stereocenters. The molecule has 144 valence electrons. The number of carbonyl (C=O) groups is 1. The number of nitrogens with one attached hydrogen (secondary N) is 1. The molecule has 2 aromatic rings. The smallest absolute Gasteiger partial charge is 0.251 e. The largest absolute Gasteiger partial charge is 0.348 e. The fourth-order valence-electron chi connectivity index (χ4n) is 3.14. The van der Waals surface area contributed by atoms with Crippen LogP contribution in [0.25, 0.3) is 0 Å². The second kappa shape index (κ2) is 8.19. The number of benzene rings is 2. The highest BCUT2D eigenvalue weighted by molar-refractivity contribution is 7.89. The first kappa shape index (κ1) is 19.5. The molecule has 0 aromatic heterocycles. The molecule has 0 spiro atoms. The maximum Gasteiger partial charge on any atom is 0.251 e. The van der Waals surface area contributed by atoms with Gasteiger partial charge in [-0.1, -0.05) is 24.6 Å². The van der Waals surface area contributed by atoms with Crippen molar-refractivity contribution in [2.24, 2.45) is 0 Å². The van der Waals surface area contributed by atoms with Crippen LogP contribution >= 0.6 is 0 Å². The van der Waals surface area contributed by atoms with Crippen LogP contribution in [0.2, 0.25) is 0 Å². The van der Waals surface area contributed by atoms with E-state index in [2.05, 4.69) is 5.32 Å². The number of carbonyl (C=O) groups excluding carboxylic acids is 1. The fraction of sp³-hybridized carbons (Fsp3) is 0.350. The van der Waals surface area contributed by atoms with Crippen LogP contribution < -0.4 is 5.32 Å². The highest BCUT2D eigenvalue weighted by atomic mass is 32.2. The second-order valence-corrected chi connectivity index (χ2v) is 8.69. The third kappa shape index (κ3) is 4.54. The molecule has 0 aliphatic carbocycles. The molecule has 1 saturated heterocycles. The Hall–Kier alpha value is -2.25. The van der Waals surface area contributed by atoms with Crippen molar-refractivity contribution in [1.29, 1.82) is 0 Å². The molecule has 5 nitrogen and oxygen atoms in total. The summed E-state index contributed by atoms with van der Waals surface area (Å²) in [5.74, 6) is -0.691. The summed E-state index contributed by atoms with van der Waals surface area (Å²) in [7, 11) is -3.60. The molecular weight excluding hydrogens is 367 g/mol. The lowest BCUT2D eigenvalue weighted by Gasteiger charge is -2.26. The zero-order valence-corrected chi connectivity index (χ0v) is 16.1. The molecular formula is C20H23FN2O3S. The van der Waals surface area contributed by atoms with Crippen molar-refractivity contribution in [3.8, 4) is 0 Å². The zero-order valence-electron chi connectivity index (χ0n) is 15.2. The Morgan fingerprint density at radius 2 is 1.74 bits per heavy atom. The molecule has 1 amide bonds. The Morgan fingerprint density at radius 1 is 1.07 bits per heavy atom. The van der Waals surface area contributed by atoms with Gasteiger partial charge in [-0.25, -0.2) is 12.8 Å². The first-order valence-electron chi connectivity index (χ1n) is 9.01. The molecule has 3 rings (SSSR count). The third-order valence-corrected chi connectivity index (χ3v) is 6.67. The van der Waals surface area contributed by atoms with Crippen LogP contribution in [0.4, 0.5) is 4.39 Å². The average Bonchev–Trinajstić information content (AvgIpc) is 2.68. The summed E-state index contributed by atoms with van der Waals surface area (Å²) in [6.45, 7) is 3.04. The van der Waals surface area contributed by atoms with E-state index in [1.807, 2.05) is 0 Å². The Morgan fingerprint density at radius 3 is 2.41 bits per heavy atom. The number of rotatable bonds is 5. The molecule has 7 heteroatoms. The van der Waals surface area contributed by atoms with Crippen LogP contribution in [0.5, 0.6) is 0 Å². The maximum atomic E-state index is 13.0. The van der Waals surface area contributed by atoms with E-state index in [-0.39, 0.29) is 23.2 Å². The van der Waals surface area contributed by atoms with Gasteiger partial charge in [0.1, 0.15) is 5.82 Å². The number of hydrogen-bond donors (Lipinski definition) is 1. The van der Waals surface area contributed by atoms with Crippen molar-refractivity contribution in [2.75, 3.05) is 13.1 Å². The minimum atomic E-state index is -3.60. The van der Waals surface area contributed by atoms with E-state index < -0.39 is 10.0 Å². The van der Waals surface area contributed by atoms with E-state index in [9.17, 15) is 17.6 Å². The van der Waals surface area contributed by atoms with Crippen molar-refractivity contribution in [2.45, 2.75) is 37.6 Å². The molecule has 1 fully saturated rings. The Bertz CT molecular complexity index is 921. The van der Waals surface area contributed by atoms with Crippen LogP contribution in [-0.2, 0) is 16.6 Å². The van der Waals surface area contributed by atoms with Crippen LogP contribution in [0.3, 0.4) is 0 Å². The van der Waals surface area contributed by atoms with Crippen molar-refractivity contribution in [3.05, 3.63) is 65.0 Å². The van der Waals surface area contributed by atoms with Gasteiger partial charge in [0, 0.05) is 25.2 Å². The van der Waals surface area contributed by atoms with Crippen molar-refractivity contribution in [3.63, 3.8) is 0 Å². The number of piperidine rings is 1. The highest BCUT2D eigenvalue weighted by Gasteiger charge is 2.27. The van der Waals surface area contributed by atoms with Gasteiger partial charge in [0.15, 0.2) is 0 Å². The summed E-state index contributed by atoms with van der Waals surface area (Å²) in [5, 5.41) is 2.76. The van der Waals surface area contributed by atoms with Gasteiger partial charge in [0.2, 0.25) is 10.0 Å².